The summed E-state index contributed by atoms with van der Waals surface area (Å²) in [6.45, 7) is 0. The maximum Gasteiger partial charge on any atom is 0.0737 e. The van der Waals surface area contributed by atoms with Crippen LogP contribution in [0.2, 0.25) is 0 Å². The van der Waals surface area contributed by atoms with Crippen molar-refractivity contribution < 1.29 is 10.2 Å². The first-order valence-electron chi connectivity index (χ1n) is 3.64. The van der Waals surface area contributed by atoms with Crippen LogP contribution in [-0.4, -0.2) is 45.4 Å². The van der Waals surface area contributed by atoms with Crippen molar-refractivity contribution in [3.63, 3.8) is 0 Å². The fraction of sp³-hybridized carbons (Fsp3) is 1.00. The van der Waals surface area contributed by atoms with Crippen LogP contribution in [0, 0.1) is 0 Å². The maximum absolute atomic E-state index is 9.37. The van der Waals surface area contributed by atoms with Gasteiger partial charge in [0.2, 0.25) is 0 Å². The van der Waals surface area contributed by atoms with Gasteiger partial charge in [-0.15, -0.1) is 0 Å². The first-order chi connectivity index (χ1) is 5.79. The van der Waals surface area contributed by atoms with Gasteiger partial charge in [0, 0.05) is 23.0 Å². The second-order valence-corrected chi connectivity index (χ2v) is 7.55. The van der Waals surface area contributed by atoms with Crippen molar-refractivity contribution in [1.29, 1.82) is 0 Å². The van der Waals surface area contributed by atoms with Gasteiger partial charge >= 0.3 is 0 Å². The maximum atomic E-state index is 9.37. The van der Waals surface area contributed by atoms with Crippen molar-refractivity contribution in [1.82, 2.24) is 0 Å². The molecule has 12 heavy (non-hydrogen) atoms. The van der Waals surface area contributed by atoms with Crippen molar-refractivity contribution in [2.24, 2.45) is 0 Å². The highest BCUT2D eigenvalue weighted by Crippen LogP contribution is 2.30. The van der Waals surface area contributed by atoms with E-state index in [-0.39, 0.29) is 12.2 Å². The Bertz CT molecular complexity index is 98.1. The Morgan fingerprint density at radius 1 is 0.667 bits per heavy atom. The van der Waals surface area contributed by atoms with Crippen molar-refractivity contribution >= 4 is 43.2 Å². The van der Waals surface area contributed by atoms with Gasteiger partial charge in [-0.25, -0.2) is 0 Å². The zero-order valence-corrected chi connectivity index (χ0v) is 9.78. The number of aliphatic hydroxyl groups is 2. The molecule has 1 aliphatic heterocycles. The molecule has 0 unspecified atom stereocenters. The van der Waals surface area contributed by atoms with Crippen LogP contribution in [0.15, 0.2) is 0 Å². The molecular weight excluding hydrogens is 232 g/mol. The van der Waals surface area contributed by atoms with Crippen LogP contribution in [0.3, 0.4) is 0 Å². The normalized spacial score (nSPS) is 34.5. The van der Waals surface area contributed by atoms with E-state index in [2.05, 4.69) is 0 Å². The van der Waals surface area contributed by atoms with Gasteiger partial charge in [-0.3, -0.25) is 0 Å². The molecule has 1 saturated heterocycles. The van der Waals surface area contributed by atoms with Gasteiger partial charge in [0.15, 0.2) is 0 Å². The van der Waals surface area contributed by atoms with Crippen LogP contribution in [0.25, 0.3) is 0 Å². The molecule has 2 N–H and O–H groups in total. The van der Waals surface area contributed by atoms with Crippen LogP contribution >= 0.6 is 43.2 Å². The van der Waals surface area contributed by atoms with Gasteiger partial charge < -0.3 is 10.2 Å². The van der Waals surface area contributed by atoms with Crippen LogP contribution < -0.4 is 0 Å². The minimum Gasteiger partial charge on any atom is -0.391 e. The molecule has 6 heteroatoms. The minimum atomic E-state index is -0.199. The second-order valence-electron chi connectivity index (χ2n) is 2.45. The van der Waals surface area contributed by atoms with E-state index >= 15 is 0 Å². The quantitative estimate of drug-likeness (QED) is 0.629. The van der Waals surface area contributed by atoms with E-state index in [1.54, 1.807) is 43.2 Å². The van der Waals surface area contributed by atoms with Gasteiger partial charge in [0.25, 0.3) is 0 Å². The van der Waals surface area contributed by atoms with Gasteiger partial charge in [-0.1, -0.05) is 43.2 Å². The largest absolute Gasteiger partial charge is 0.391 e. The summed E-state index contributed by atoms with van der Waals surface area (Å²) >= 11 is 0. The Morgan fingerprint density at radius 3 is 1.17 bits per heavy atom. The zero-order chi connectivity index (χ0) is 8.81. The molecule has 0 atom stereocenters. The average Bonchev–Trinajstić information content (AvgIpc) is 2.06. The van der Waals surface area contributed by atoms with Crippen molar-refractivity contribution in [2.75, 3.05) is 23.0 Å². The van der Waals surface area contributed by atoms with Gasteiger partial charge in [-0.2, -0.15) is 0 Å². The van der Waals surface area contributed by atoms with Gasteiger partial charge in [0.1, 0.15) is 0 Å². The summed E-state index contributed by atoms with van der Waals surface area (Å²) in [5, 5.41) is 18.7. The Labute approximate surface area is 88.4 Å². The summed E-state index contributed by atoms with van der Waals surface area (Å²) in [5.74, 6) is 3.08. The Hall–Kier alpha value is 1.32. The predicted molar refractivity (Wildman–Crippen MR) is 61.8 cm³/mol. The van der Waals surface area contributed by atoms with Crippen LogP contribution in [0.4, 0.5) is 0 Å². The molecule has 1 fully saturated rings. The smallest absolute Gasteiger partial charge is 0.0737 e. The SMILES string of the molecule is O[C@H]1CSSC[C@@H](O)CSSC1. The lowest BCUT2D eigenvalue weighted by atomic mass is 10.5. The fourth-order valence-electron chi connectivity index (χ4n) is 0.603. The van der Waals surface area contributed by atoms with E-state index in [1.807, 2.05) is 0 Å². The van der Waals surface area contributed by atoms with Crippen molar-refractivity contribution in [2.45, 2.75) is 12.2 Å². The number of aliphatic hydroxyl groups excluding tert-OH is 2. The highest BCUT2D eigenvalue weighted by molar-refractivity contribution is 8.77. The summed E-state index contributed by atoms with van der Waals surface area (Å²) in [6, 6.07) is 0. The third kappa shape index (κ3) is 5.14. The Kier molecular flexibility index (Phi) is 6.39. The first kappa shape index (κ1) is 11.4. The Balaban J connectivity index is 2.20. The molecule has 0 bridgehead atoms. The molecule has 0 aromatic heterocycles. The zero-order valence-electron chi connectivity index (χ0n) is 6.51. The third-order valence-electron chi connectivity index (χ3n) is 1.21. The van der Waals surface area contributed by atoms with Crippen molar-refractivity contribution in [3.8, 4) is 0 Å². The molecule has 1 rings (SSSR count). The standard InChI is InChI=1S/C6H12O2S4/c7-5-1-9-10-3-6(8)4-12-11-2-5/h5-8H,1-4H2/t5-,6+. The molecule has 0 aromatic carbocycles. The molecular formula is C6H12O2S4. The van der Waals surface area contributed by atoms with E-state index < -0.39 is 0 Å². The molecule has 0 amide bonds. The highest BCUT2D eigenvalue weighted by Gasteiger charge is 2.11. The summed E-state index contributed by atoms with van der Waals surface area (Å²) in [7, 11) is 6.59. The molecule has 72 valence electrons. The van der Waals surface area contributed by atoms with Gasteiger partial charge in [-0.05, 0) is 0 Å². The lowest BCUT2D eigenvalue weighted by Crippen LogP contribution is -2.16. The molecule has 0 aromatic rings. The van der Waals surface area contributed by atoms with Crippen LogP contribution in [0.5, 0.6) is 0 Å². The van der Waals surface area contributed by atoms with E-state index in [1.165, 1.54) is 0 Å². The average molecular weight is 244 g/mol. The molecule has 0 aliphatic carbocycles. The molecule has 2 nitrogen and oxygen atoms in total. The van der Waals surface area contributed by atoms with Crippen LogP contribution in [-0.2, 0) is 0 Å². The Morgan fingerprint density at radius 2 is 0.917 bits per heavy atom. The third-order valence-corrected chi connectivity index (χ3v) is 6.26. The highest BCUT2D eigenvalue weighted by atomic mass is 33.1. The van der Waals surface area contributed by atoms with E-state index in [9.17, 15) is 10.2 Å². The predicted octanol–water partition coefficient (Wildman–Crippen LogP) is 1.48. The van der Waals surface area contributed by atoms with E-state index in [0.717, 1.165) is 23.0 Å². The topological polar surface area (TPSA) is 40.5 Å². The van der Waals surface area contributed by atoms with Crippen molar-refractivity contribution in [3.05, 3.63) is 0 Å². The lowest BCUT2D eigenvalue weighted by Gasteiger charge is -2.14. The monoisotopic (exact) mass is 244 g/mol. The van der Waals surface area contributed by atoms with Crippen LogP contribution in [0.1, 0.15) is 0 Å². The lowest BCUT2D eigenvalue weighted by molar-refractivity contribution is 0.223. The van der Waals surface area contributed by atoms with E-state index in [0.29, 0.717) is 0 Å². The summed E-state index contributed by atoms with van der Waals surface area (Å²) in [4.78, 5) is 0. The number of hydrogen-bond donors (Lipinski definition) is 2. The molecule has 0 radical (unpaired) electrons. The summed E-state index contributed by atoms with van der Waals surface area (Å²) in [5.41, 5.74) is 0. The summed E-state index contributed by atoms with van der Waals surface area (Å²) in [6.07, 6.45) is -0.398. The molecule has 1 aliphatic rings. The molecule has 0 saturated carbocycles. The molecule has 0 spiro atoms. The summed E-state index contributed by atoms with van der Waals surface area (Å²) < 4.78 is 0. The second kappa shape index (κ2) is 6.73. The fourth-order valence-corrected chi connectivity index (χ4v) is 5.43. The number of hydrogen-bond acceptors (Lipinski definition) is 6. The minimum absolute atomic E-state index is 0.199. The van der Waals surface area contributed by atoms with Gasteiger partial charge in [0.05, 0.1) is 12.2 Å². The number of rotatable bonds is 0. The first-order valence-corrected chi connectivity index (χ1v) is 8.61. The molecule has 1 heterocycles. The van der Waals surface area contributed by atoms with E-state index in [4.69, 9.17) is 0 Å².